The molecule has 2 rings (SSSR count). The lowest BCUT2D eigenvalue weighted by Crippen LogP contribution is -1.73. The molecule has 0 aliphatic rings. The van der Waals surface area contributed by atoms with Crippen LogP contribution in [0.15, 0.2) is 47.8 Å². The van der Waals surface area contributed by atoms with Crippen molar-refractivity contribution in [1.29, 1.82) is 0 Å². The maximum Gasteiger partial charge on any atom is 0.00141 e. The van der Waals surface area contributed by atoms with Gasteiger partial charge in [0, 0.05) is 4.88 Å². The normalized spacial score (nSPS) is 9.00. The molecule has 1 heteroatoms. The molecular weight excluding hydrogens is 188 g/mol. The lowest BCUT2D eigenvalue weighted by atomic mass is 10.2. The molecule has 0 aliphatic heterocycles. The van der Waals surface area contributed by atoms with E-state index in [1.165, 1.54) is 10.4 Å². The smallest absolute Gasteiger partial charge is 0.00141 e. The first-order valence-corrected chi connectivity index (χ1v) is 5.75. The van der Waals surface area contributed by atoms with Crippen molar-refractivity contribution in [3.05, 3.63) is 58.3 Å². The first-order chi connectivity index (χ1) is 6.83. The summed E-state index contributed by atoms with van der Waals surface area (Å²) >= 11 is 1.78. The van der Waals surface area contributed by atoms with Crippen molar-refractivity contribution in [3.63, 3.8) is 0 Å². The molecule has 0 unspecified atom stereocenters. The van der Waals surface area contributed by atoms with Gasteiger partial charge in [0.05, 0.1) is 0 Å². The van der Waals surface area contributed by atoms with E-state index in [0.717, 1.165) is 6.42 Å². The molecule has 14 heavy (non-hydrogen) atoms. The van der Waals surface area contributed by atoms with Crippen molar-refractivity contribution >= 4 is 11.3 Å². The van der Waals surface area contributed by atoms with E-state index >= 15 is 0 Å². The zero-order valence-corrected chi connectivity index (χ0v) is 9.55. The molecule has 0 aliphatic carbocycles. The third-order valence-corrected chi connectivity index (χ3v) is 2.72. The van der Waals surface area contributed by atoms with Crippen LogP contribution in [0.1, 0.15) is 17.4 Å². The number of hydrogen-bond donors (Lipinski definition) is 0. The van der Waals surface area contributed by atoms with Crippen LogP contribution in [0.2, 0.25) is 0 Å². The van der Waals surface area contributed by atoms with Gasteiger partial charge in [-0.1, -0.05) is 43.3 Å². The van der Waals surface area contributed by atoms with E-state index in [-0.39, 0.29) is 0 Å². The van der Waals surface area contributed by atoms with Crippen LogP contribution in [0.3, 0.4) is 0 Å². The highest BCUT2D eigenvalue weighted by Crippen LogP contribution is 2.03. The second kappa shape index (κ2) is 6.39. The molecule has 0 saturated carbocycles. The maximum atomic E-state index is 2.16. The van der Waals surface area contributed by atoms with Crippen LogP contribution in [0.4, 0.5) is 0 Å². The highest BCUT2D eigenvalue weighted by molar-refractivity contribution is 7.09. The molecule has 1 aromatic heterocycles. The van der Waals surface area contributed by atoms with Gasteiger partial charge in [-0.25, -0.2) is 0 Å². The summed E-state index contributed by atoms with van der Waals surface area (Å²) < 4.78 is 0. The van der Waals surface area contributed by atoms with Gasteiger partial charge in [-0.3, -0.25) is 0 Å². The summed E-state index contributed by atoms with van der Waals surface area (Å²) in [6.45, 7) is 4.26. The molecule has 0 amide bonds. The third kappa shape index (κ3) is 4.24. The number of rotatable bonds is 1. The number of thiophene rings is 1. The number of aryl methyl sites for hydroxylation is 2. The van der Waals surface area contributed by atoms with Crippen LogP contribution in [-0.4, -0.2) is 0 Å². The summed E-state index contributed by atoms with van der Waals surface area (Å²) in [6.07, 6.45) is 1.14. The third-order valence-electron chi connectivity index (χ3n) is 1.91. The van der Waals surface area contributed by atoms with Gasteiger partial charge >= 0.3 is 0 Å². The Hall–Kier alpha value is -1.08. The average Bonchev–Trinajstić information content (AvgIpc) is 2.71. The zero-order chi connectivity index (χ0) is 10.2. The van der Waals surface area contributed by atoms with Gasteiger partial charge in [-0.2, -0.15) is 0 Å². The molecule has 0 N–H and O–H groups in total. The molecule has 1 heterocycles. The maximum absolute atomic E-state index is 2.16. The number of hydrogen-bond acceptors (Lipinski definition) is 1. The summed E-state index contributed by atoms with van der Waals surface area (Å²) in [5.74, 6) is 0. The van der Waals surface area contributed by atoms with Crippen molar-refractivity contribution < 1.29 is 0 Å². The Labute approximate surface area is 90.2 Å². The van der Waals surface area contributed by atoms with Crippen molar-refractivity contribution in [3.8, 4) is 0 Å². The SMILES string of the molecule is CCc1ccccc1.Cc1cccs1. The first-order valence-electron chi connectivity index (χ1n) is 4.87. The Kier molecular flexibility index (Phi) is 5.02. The van der Waals surface area contributed by atoms with Crippen LogP contribution < -0.4 is 0 Å². The molecule has 0 bridgehead atoms. The average molecular weight is 204 g/mol. The van der Waals surface area contributed by atoms with E-state index in [1.807, 2.05) is 6.07 Å². The lowest BCUT2D eigenvalue weighted by Gasteiger charge is -1.89. The molecule has 2 aromatic rings. The molecule has 0 nitrogen and oxygen atoms in total. The highest BCUT2D eigenvalue weighted by atomic mass is 32.1. The van der Waals surface area contributed by atoms with Crippen molar-refractivity contribution in [2.24, 2.45) is 0 Å². The molecule has 74 valence electrons. The van der Waals surface area contributed by atoms with E-state index in [9.17, 15) is 0 Å². The molecule has 0 fully saturated rings. The second-order valence-corrected chi connectivity index (χ2v) is 4.21. The summed E-state index contributed by atoms with van der Waals surface area (Å²) in [4.78, 5) is 1.38. The summed E-state index contributed by atoms with van der Waals surface area (Å²) in [7, 11) is 0. The van der Waals surface area contributed by atoms with Gasteiger partial charge in [0.25, 0.3) is 0 Å². The van der Waals surface area contributed by atoms with Gasteiger partial charge in [0.2, 0.25) is 0 Å². The molecule has 0 radical (unpaired) electrons. The lowest BCUT2D eigenvalue weighted by molar-refractivity contribution is 1.14. The predicted molar refractivity (Wildman–Crippen MR) is 64.9 cm³/mol. The van der Waals surface area contributed by atoms with E-state index in [0.29, 0.717) is 0 Å². The minimum absolute atomic E-state index is 1.14. The van der Waals surface area contributed by atoms with E-state index < -0.39 is 0 Å². The minimum Gasteiger partial charge on any atom is -0.149 e. The van der Waals surface area contributed by atoms with Crippen LogP contribution in [0.5, 0.6) is 0 Å². The van der Waals surface area contributed by atoms with Gasteiger partial charge in [0.15, 0.2) is 0 Å². The first kappa shape index (κ1) is 11.0. The highest BCUT2D eigenvalue weighted by Gasteiger charge is 1.80. The zero-order valence-electron chi connectivity index (χ0n) is 8.73. The fraction of sp³-hybridized carbons (Fsp3) is 0.231. The van der Waals surface area contributed by atoms with Crippen molar-refractivity contribution in [2.75, 3.05) is 0 Å². The van der Waals surface area contributed by atoms with Crippen LogP contribution >= 0.6 is 11.3 Å². The largest absolute Gasteiger partial charge is 0.149 e. The summed E-state index contributed by atoms with van der Waals surface area (Å²) in [6, 6.07) is 14.6. The molecule has 0 saturated heterocycles. The standard InChI is InChI=1S/C8H10.C5H6S/c1-2-8-6-4-3-5-7-8;1-5-3-2-4-6-5/h3-7H,2H2,1H3;2-4H,1H3. The Bertz CT molecular complexity index is 321. The fourth-order valence-electron chi connectivity index (χ4n) is 1.07. The Balaban J connectivity index is 0.000000146. The Morgan fingerprint density at radius 2 is 1.71 bits per heavy atom. The van der Waals surface area contributed by atoms with Crippen molar-refractivity contribution in [1.82, 2.24) is 0 Å². The molecule has 1 aromatic carbocycles. The Morgan fingerprint density at radius 1 is 1.00 bits per heavy atom. The monoisotopic (exact) mass is 204 g/mol. The van der Waals surface area contributed by atoms with Crippen molar-refractivity contribution in [2.45, 2.75) is 20.3 Å². The minimum atomic E-state index is 1.14. The quantitative estimate of drug-likeness (QED) is 0.649. The predicted octanol–water partition coefficient (Wildman–Crippen LogP) is 4.31. The van der Waals surface area contributed by atoms with E-state index in [4.69, 9.17) is 0 Å². The van der Waals surface area contributed by atoms with E-state index in [1.54, 1.807) is 11.3 Å². The molecule has 0 spiro atoms. The van der Waals surface area contributed by atoms with Crippen LogP contribution in [-0.2, 0) is 6.42 Å². The second-order valence-electron chi connectivity index (χ2n) is 3.06. The summed E-state index contributed by atoms with van der Waals surface area (Å²) in [5.41, 5.74) is 1.41. The van der Waals surface area contributed by atoms with Gasteiger partial charge in [-0.15, -0.1) is 11.3 Å². The van der Waals surface area contributed by atoms with Gasteiger partial charge in [-0.05, 0) is 30.4 Å². The topological polar surface area (TPSA) is 0 Å². The molecule has 0 atom stereocenters. The fourth-order valence-corrected chi connectivity index (χ4v) is 1.60. The van der Waals surface area contributed by atoms with Gasteiger partial charge < -0.3 is 0 Å². The number of benzene rings is 1. The van der Waals surface area contributed by atoms with Crippen LogP contribution in [0.25, 0.3) is 0 Å². The van der Waals surface area contributed by atoms with Crippen LogP contribution in [0, 0.1) is 6.92 Å². The Morgan fingerprint density at radius 3 is 2.00 bits per heavy atom. The summed E-state index contributed by atoms with van der Waals surface area (Å²) in [5, 5.41) is 2.08. The molecular formula is C13H16S. The van der Waals surface area contributed by atoms with Gasteiger partial charge in [0.1, 0.15) is 0 Å². The van der Waals surface area contributed by atoms with E-state index in [2.05, 4.69) is 55.6 Å².